The van der Waals surface area contributed by atoms with Gasteiger partial charge in [-0.3, -0.25) is 14.7 Å². The number of aryl methyl sites for hydroxylation is 3. The molecular formula is C12H14N4O2. The fourth-order valence-corrected chi connectivity index (χ4v) is 1.75. The maximum Gasteiger partial charge on any atom is 0.259 e. The van der Waals surface area contributed by atoms with Crippen LogP contribution in [0.1, 0.15) is 21.7 Å². The van der Waals surface area contributed by atoms with Crippen LogP contribution in [0.25, 0.3) is 0 Å². The van der Waals surface area contributed by atoms with E-state index in [2.05, 4.69) is 15.5 Å². The Kier molecular flexibility index (Phi) is 3.01. The van der Waals surface area contributed by atoms with Crippen LogP contribution in [0.2, 0.25) is 0 Å². The Morgan fingerprint density at radius 3 is 2.67 bits per heavy atom. The average molecular weight is 246 g/mol. The largest absolute Gasteiger partial charge is 0.321 e. The van der Waals surface area contributed by atoms with E-state index in [9.17, 15) is 9.59 Å². The van der Waals surface area contributed by atoms with Crippen LogP contribution in [0, 0.1) is 13.8 Å². The number of carbonyl (C=O) groups excluding carboxylic acids is 1. The van der Waals surface area contributed by atoms with E-state index >= 15 is 0 Å². The quantitative estimate of drug-likeness (QED) is 0.828. The smallest absolute Gasteiger partial charge is 0.259 e. The molecule has 0 aliphatic heterocycles. The topological polar surface area (TPSA) is 79.8 Å². The Morgan fingerprint density at radius 2 is 2.11 bits per heavy atom. The van der Waals surface area contributed by atoms with E-state index in [4.69, 9.17) is 0 Å². The van der Waals surface area contributed by atoms with Crippen LogP contribution in [0.4, 0.5) is 5.69 Å². The summed E-state index contributed by atoms with van der Waals surface area (Å²) < 4.78 is 1.41. The molecule has 0 fully saturated rings. The molecule has 0 atom stereocenters. The number of aromatic amines is 1. The van der Waals surface area contributed by atoms with Gasteiger partial charge in [0, 0.05) is 25.0 Å². The van der Waals surface area contributed by atoms with Gasteiger partial charge >= 0.3 is 0 Å². The minimum absolute atomic E-state index is 0.122. The van der Waals surface area contributed by atoms with Crippen LogP contribution in [-0.2, 0) is 7.05 Å². The lowest BCUT2D eigenvalue weighted by atomic mass is 10.2. The molecule has 6 heteroatoms. The summed E-state index contributed by atoms with van der Waals surface area (Å²) in [4.78, 5) is 23.3. The highest BCUT2D eigenvalue weighted by Crippen LogP contribution is 2.12. The first-order valence-electron chi connectivity index (χ1n) is 5.48. The zero-order chi connectivity index (χ0) is 13.3. The number of hydrogen-bond acceptors (Lipinski definition) is 3. The molecule has 0 spiro atoms. The van der Waals surface area contributed by atoms with Crippen molar-refractivity contribution >= 4 is 11.6 Å². The molecule has 2 aromatic rings. The first-order chi connectivity index (χ1) is 8.49. The standard InChI is InChI=1S/C12H14N4O2/c1-7-11(8(2)15-14-7)12(18)13-9-4-5-10(17)16(3)6-9/h4-6H,1-3H3,(H,13,18)(H,14,15). The van der Waals surface area contributed by atoms with E-state index in [0.29, 0.717) is 16.9 Å². The highest BCUT2D eigenvalue weighted by atomic mass is 16.2. The molecule has 0 aliphatic rings. The molecule has 1 amide bonds. The van der Waals surface area contributed by atoms with Gasteiger partial charge in [-0.05, 0) is 19.9 Å². The Hall–Kier alpha value is -2.37. The second-order valence-electron chi connectivity index (χ2n) is 4.13. The van der Waals surface area contributed by atoms with E-state index in [1.807, 2.05) is 0 Å². The van der Waals surface area contributed by atoms with Crippen molar-refractivity contribution in [1.29, 1.82) is 0 Å². The van der Waals surface area contributed by atoms with Crippen LogP contribution in [-0.4, -0.2) is 20.7 Å². The number of hydrogen-bond donors (Lipinski definition) is 2. The Balaban J connectivity index is 2.27. The molecule has 2 N–H and O–H groups in total. The van der Waals surface area contributed by atoms with Gasteiger partial charge in [0.05, 0.1) is 16.9 Å². The predicted octanol–water partition coefficient (Wildman–Crippen LogP) is 0.978. The van der Waals surface area contributed by atoms with Crippen LogP contribution in [0.15, 0.2) is 23.1 Å². The van der Waals surface area contributed by atoms with Crippen LogP contribution >= 0.6 is 0 Å². The van der Waals surface area contributed by atoms with E-state index < -0.39 is 0 Å². The van der Waals surface area contributed by atoms with Gasteiger partial charge in [-0.15, -0.1) is 0 Å². The molecule has 0 radical (unpaired) electrons. The third kappa shape index (κ3) is 2.17. The third-order valence-corrected chi connectivity index (χ3v) is 2.70. The molecule has 94 valence electrons. The number of anilines is 1. The number of pyridine rings is 1. The summed E-state index contributed by atoms with van der Waals surface area (Å²) >= 11 is 0. The summed E-state index contributed by atoms with van der Waals surface area (Å²) in [6.45, 7) is 3.55. The third-order valence-electron chi connectivity index (χ3n) is 2.70. The SMILES string of the molecule is Cc1n[nH]c(C)c1C(=O)Nc1ccc(=O)n(C)c1. The van der Waals surface area contributed by atoms with Gasteiger partial charge in [0.1, 0.15) is 0 Å². The minimum Gasteiger partial charge on any atom is -0.321 e. The minimum atomic E-state index is -0.239. The van der Waals surface area contributed by atoms with Crippen molar-refractivity contribution in [2.24, 2.45) is 7.05 Å². The molecule has 0 unspecified atom stereocenters. The number of aromatic nitrogens is 3. The van der Waals surface area contributed by atoms with Crippen molar-refractivity contribution in [3.8, 4) is 0 Å². The van der Waals surface area contributed by atoms with Crippen LogP contribution < -0.4 is 10.9 Å². The number of amides is 1. The van der Waals surface area contributed by atoms with Crippen LogP contribution in [0.5, 0.6) is 0 Å². The maximum atomic E-state index is 12.1. The molecule has 2 rings (SSSR count). The zero-order valence-corrected chi connectivity index (χ0v) is 10.4. The first-order valence-corrected chi connectivity index (χ1v) is 5.48. The van der Waals surface area contributed by atoms with E-state index in [1.165, 1.54) is 10.6 Å². The number of nitrogens with one attached hydrogen (secondary N) is 2. The summed E-state index contributed by atoms with van der Waals surface area (Å²) in [6.07, 6.45) is 1.57. The summed E-state index contributed by atoms with van der Waals surface area (Å²) in [5.41, 5.74) is 2.35. The molecule has 0 saturated heterocycles. The van der Waals surface area contributed by atoms with Crippen molar-refractivity contribution in [1.82, 2.24) is 14.8 Å². The second kappa shape index (κ2) is 4.48. The van der Waals surface area contributed by atoms with E-state index in [0.717, 1.165) is 5.69 Å². The molecule has 18 heavy (non-hydrogen) atoms. The monoisotopic (exact) mass is 246 g/mol. The van der Waals surface area contributed by atoms with Gasteiger partial charge < -0.3 is 9.88 Å². The van der Waals surface area contributed by atoms with E-state index in [1.54, 1.807) is 33.2 Å². The summed E-state index contributed by atoms with van der Waals surface area (Å²) in [5, 5.41) is 9.46. The number of rotatable bonds is 2. The summed E-state index contributed by atoms with van der Waals surface area (Å²) in [5.74, 6) is -0.239. The van der Waals surface area contributed by atoms with Crippen molar-refractivity contribution in [2.75, 3.05) is 5.32 Å². The highest BCUT2D eigenvalue weighted by Gasteiger charge is 2.15. The molecule has 0 aliphatic carbocycles. The fraction of sp³-hybridized carbons (Fsp3) is 0.250. The highest BCUT2D eigenvalue weighted by molar-refractivity contribution is 6.05. The van der Waals surface area contributed by atoms with Gasteiger partial charge in [-0.25, -0.2) is 0 Å². The molecule has 0 saturated carbocycles. The van der Waals surface area contributed by atoms with E-state index in [-0.39, 0.29) is 11.5 Å². The molecule has 2 heterocycles. The van der Waals surface area contributed by atoms with Crippen molar-refractivity contribution in [3.63, 3.8) is 0 Å². The first kappa shape index (κ1) is 12.1. The molecule has 0 aromatic carbocycles. The number of H-pyrrole nitrogens is 1. The second-order valence-corrected chi connectivity index (χ2v) is 4.13. The summed E-state index contributed by atoms with van der Waals surface area (Å²) in [6, 6.07) is 2.98. The lowest BCUT2D eigenvalue weighted by Gasteiger charge is -2.06. The van der Waals surface area contributed by atoms with Gasteiger partial charge in [0.25, 0.3) is 5.91 Å². The molecule has 0 bridgehead atoms. The molecule has 6 nitrogen and oxygen atoms in total. The fourth-order valence-electron chi connectivity index (χ4n) is 1.75. The van der Waals surface area contributed by atoms with Gasteiger partial charge in [-0.1, -0.05) is 0 Å². The Labute approximate surface area is 104 Å². The Bertz CT molecular complexity index is 635. The molecular weight excluding hydrogens is 232 g/mol. The van der Waals surface area contributed by atoms with Crippen molar-refractivity contribution in [3.05, 3.63) is 45.6 Å². The van der Waals surface area contributed by atoms with Gasteiger partial charge in [0.2, 0.25) is 5.56 Å². The van der Waals surface area contributed by atoms with Crippen LogP contribution in [0.3, 0.4) is 0 Å². The zero-order valence-electron chi connectivity index (χ0n) is 10.4. The average Bonchev–Trinajstić information content (AvgIpc) is 2.64. The van der Waals surface area contributed by atoms with Crippen molar-refractivity contribution < 1.29 is 4.79 Å². The molecule has 2 aromatic heterocycles. The lowest BCUT2D eigenvalue weighted by molar-refractivity contribution is 0.102. The van der Waals surface area contributed by atoms with Crippen molar-refractivity contribution in [2.45, 2.75) is 13.8 Å². The predicted molar refractivity (Wildman–Crippen MR) is 67.7 cm³/mol. The lowest BCUT2D eigenvalue weighted by Crippen LogP contribution is -2.18. The Morgan fingerprint density at radius 1 is 1.39 bits per heavy atom. The maximum absolute atomic E-state index is 12.1. The summed E-state index contributed by atoms with van der Waals surface area (Å²) in [7, 11) is 1.63. The van der Waals surface area contributed by atoms with Gasteiger partial charge in [0.15, 0.2) is 0 Å². The number of nitrogens with zero attached hydrogens (tertiary/aromatic N) is 2. The van der Waals surface area contributed by atoms with Gasteiger partial charge in [-0.2, -0.15) is 5.10 Å². The normalized spacial score (nSPS) is 10.4. The number of carbonyl (C=O) groups is 1.